The SMILES string of the molecule is Cc1ccc(S(=O)(=O)Nc2ccc3c(c2)CC(=O)N([C@H](C)CO)C[C@@H](C)[C@@H](CN(C)Cc2ccc4c(c2)OCO4)O3)cc1. The highest BCUT2D eigenvalue weighted by molar-refractivity contribution is 7.92. The number of fused-ring (bicyclic) bond motifs is 2. The number of amides is 1. The van der Waals surface area contributed by atoms with Crippen LogP contribution in [-0.4, -0.2) is 74.9 Å². The van der Waals surface area contributed by atoms with Crippen molar-refractivity contribution in [3.8, 4) is 17.2 Å². The maximum Gasteiger partial charge on any atom is 0.261 e. The number of rotatable bonds is 9. The fourth-order valence-electron chi connectivity index (χ4n) is 5.37. The van der Waals surface area contributed by atoms with Crippen molar-refractivity contribution in [1.29, 1.82) is 0 Å². The number of nitrogens with one attached hydrogen (secondary N) is 1. The van der Waals surface area contributed by atoms with Crippen LogP contribution in [0.5, 0.6) is 17.2 Å². The Labute approximate surface area is 253 Å². The van der Waals surface area contributed by atoms with Crippen molar-refractivity contribution >= 4 is 21.6 Å². The van der Waals surface area contributed by atoms with Crippen molar-refractivity contribution in [2.24, 2.45) is 5.92 Å². The summed E-state index contributed by atoms with van der Waals surface area (Å²) in [5.74, 6) is 1.76. The van der Waals surface area contributed by atoms with Gasteiger partial charge in [0.2, 0.25) is 12.7 Å². The van der Waals surface area contributed by atoms with Crippen LogP contribution < -0.4 is 18.9 Å². The Morgan fingerprint density at radius 2 is 1.77 bits per heavy atom. The Kier molecular flexibility index (Phi) is 9.14. The van der Waals surface area contributed by atoms with E-state index in [2.05, 4.69) is 9.62 Å². The van der Waals surface area contributed by atoms with Crippen molar-refractivity contribution in [2.45, 2.75) is 50.8 Å². The summed E-state index contributed by atoms with van der Waals surface area (Å²) in [6.07, 6.45) is -0.293. The largest absolute Gasteiger partial charge is 0.488 e. The number of aryl methyl sites for hydroxylation is 1. The molecule has 0 aromatic heterocycles. The summed E-state index contributed by atoms with van der Waals surface area (Å²) in [4.78, 5) is 17.5. The van der Waals surface area contributed by atoms with Gasteiger partial charge in [-0.05, 0) is 68.9 Å². The Balaban J connectivity index is 1.40. The van der Waals surface area contributed by atoms with E-state index in [0.29, 0.717) is 36.6 Å². The first-order valence-electron chi connectivity index (χ1n) is 14.4. The summed E-state index contributed by atoms with van der Waals surface area (Å²) in [5, 5.41) is 9.93. The van der Waals surface area contributed by atoms with E-state index < -0.39 is 10.0 Å². The van der Waals surface area contributed by atoms with Gasteiger partial charge in [-0.2, -0.15) is 0 Å². The van der Waals surface area contributed by atoms with Crippen molar-refractivity contribution in [1.82, 2.24) is 9.80 Å². The predicted octanol–water partition coefficient (Wildman–Crippen LogP) is 3.81. The van der Waals surface area contributed by atoms with Crippen LogP contribution in [0.1, 0.15) is 30.5 Å². The number of benzene rings is 3. The highest BCUT2D eigenvalue weighted by atomic mass is 32.2. The Bertz CT molecular complexity index is 1560. The molecule has 0 aliphatic carbocycles. The molecule has 0 saturated carbocycles. The van der Waals surface area contributed by atoms with E-state index in [1.165, 1.54) is 0 Å². The third kappa shape index (κ3) is 7.23. The first-order chi connectivity index (χ1) is 20.5. The molecule has 3 aromatic carbocycles. The number of aliphatic hydroxyl groups excluding tert-OH is 1. The van der Waals surface area contributed by atoms with Gasteiger partial charge < -0.3 is 24.2 Å². The standard InChI is InChI=1S/C32H39N3O7S/c1-21-5-9-27(10-6-21)43(38,39)33-26-8-12-28-25(14-26)15-32(37)35(23(3)19-36)16-22(2)31(42-28)18-34(4)17-24-7-11-29-30(13-24)41-20-40-29/h5-14,22-23,31,33,36H,15-20H2,1-4H3/t22-,23-,31-/m1/s1. The minimum Gasteiger partial charge on any atom is -0.488 e. The highest BCUT2D eigenvalue weighted by Crippen LogP contribution is 2.33. The van der Waals surface area contributed by atoms with E-state index in [-0.39, 0.29) is 48.7 Å². The van der Waals surface area contributed by atoms with Gasteiger partial charge in [-0.1, -0.05) is 30.7 Å². The van der Waals surface area contributed by atoms with Crippen LogP contribution in [0.3, 0.4) is 0 Å². The minimum atomic E-state index is -3.83. The molecule has 2 aliphatic rings. The number of aliphatic hydroxyl groups is 1. The van der Waals surface area contributed by atoms with Gasteiger partial charge in [-0.25, -0.2) is 8.42 Å². The Hall–Kier alpha value is -3.80. The molecule has 0 fully saturated rings. The number of hydrogen-bond donors (Lipinski definition) is 2. The molecule has 3 aromatic rings. The molecule has 2 aliphatic heterocycles. The minimum absolute atomic E-state index is 0.00620. The van der Waals surface area contributed by atoms with Crippen LogP contribution in [0.4, 0.5) is 5.69 Å². The summed E-state index contributed by atoms with van der Waals surface area (Å²) < 4.78 is 46.3. The van der Waals surface area contributed by atoms with Gasteiger partial charge in [0, 0.05) is 36.8 Å². The number of anilines is 1. The number of likely N-dealkylation sites (N-methyl/N-ethyl adjacent to an activating group) is 1. The van der Waals surface area contributed by atoms with Gasteiger partial charge in [0.15, 0.2) is 11.5 Å². The number of hydrogen-bond acceptors (Lipinski definition) is 8. The molecular formula is C32H39N3O7S. The van der Waals surface area contributed by atoms with Crippen molar-refractivity contribution in [3.05, 3.63) is 77.4 Å². The molecule has 11 heteroatoms. The van der Waals surface area contributed by atoms with Crippen LogP contribution in [0.25, 0.3) is 0 Å². The second-order valence-electron chi connectivity index (χ2n) is 11.5. The molecule has 0 unspecified atom stereocenters. The molecule has 2 N–H and O–H groups in total. The highest BCUT2D eigenvalue weighted by Gasteiger charge is 2.31. The van der Waals surface area contributed by atoms with Crippen molar-refractivity contribution in [3.63, 3.8) is 0 Å². The number of carbonyl (C=O) groups excluding carboxylic acids is 1. The summed E-state index contributed by atoms with van der Waals surface area (Å²) in [6.45, 7) is 7.41. The lowest BCUT2D eigenvalue weighted by Gasteiger charge is -2.34. The smallest absolute Gasteiger partial charge is 0.261 e. The van der Waals surface area contributed by atoms with Crippen LogP contribution in [0.15, 0.2) is 65.6 Å². The molecule has 2 heterocycles. The molecule has 0 radical (unpaired) electrons. The van der Waals surface area contributed by atoms with Crippen LogP contribution in [0, 0.1) is 12.8 Å². The van der Waals surface area contributed by atoms with E-state index >= 15 is 0 Å². The molecule has 0 saturated heterocycles. The molecule has 10 nitrogen and oxygen atoms in total. The van der Waals surface area contributed by atoms with E-state index in [4.69, 9.17) is 14.2 Å². The number of carbonyl (C=O) groups is 1. The quantitative estimate of drug-likeness (QED) is 0.376. The third-order valence-electron chi connectivity index (χ3n) is 7.88. The zero-order chi connectivity index (χ0) is 30.7. The predicted molar refractivity (Wildman–Crippen MR) is 163 cm³/mol. The topological polar surface area (TPSA) is 118 Å². The summed E-state index contributed by atoms with van der Waals surface area (Å²) in [5.41, 5.74) is 2.93. The maximum atomic E-state index is 13.5. The van der Waals surface area contributed by atoms with Gasteiger partial charge in [-0.3, -0.25) is 14.4 Å². The van der Waals surface area contributed by atoms with Crippen LogP contribution in [-0.2, 0) is 27.8 Å². The second-order valence-corrected chi connectivity index (χ2v) is 13.2. The number of ether oxygens (including phenoxy) is 3. The monoisotopic (exact) mass is 609 g/mol. The first kappa shape index (κ1) is 30.7. The van der Waals surface area contributed by atoms with E-state index in [1.54, 1.807) is 47.4 Å². The lowest BCUT2D eigenvalue weighted by Crippen LogP contribution is -2.47. The molecule has 1 amide bonds. The molecule has 5 rings (SSSR count). The zero-order valence-electron chi connectivity index (χ0n) is 24.9. The van der Waals surface area contributed by atoms with Crippen molar-refractivity contribution < 1.29 is 32.5 Å². The van der Waals surface area contributed by atoms with Gasteiger partial charge in [0.25, 0.3) is 10.0 Å². The molecular weight excluding hydrogens is 570 g/mol. The van der Waals surface area contributed by atoms with Gasteiger partial charge in [0.05, 0.1) is 24.0 Å². The lowest BCUT2D eigenvalue weighted by molar-refractivity contribution is -0.134. The van der Waals surface area contributed by atoms with E-state index in [0.717, 1.165) is 22.6 Å². The maximum absolute atomic E-state index is 13.5. The fraction of sp³-hybridized carbons (Fsp3) is 0.406. The van der Waals surface area contributed by atoms with Crippen LogP contribution in [0.2, 0.25) is 0 Å². The summed E-state index contributed by atoms with van der Waals surface area (Å²) in [6, 6.07) is 17.1. The fourth-order valence-corrected chi connectivity index (χ4v) is 6.41. The zero-order valence-corrected chi connectivity index (χ0v) is 25.8. The number of nitrogens with zero attached hydrogens (tertiary/aromatic N) is 2. The second kappa shape index (κ2) is 12.8. The van der Waals surface area contributed by atoms with E-state index in [9.17, 15) is 18.3 Å². The number of sulfonamides is 1. The average Bonchev–Trinajstić information content (AvgIpc) is 3.45. The summed E-state index contributed by atoms with van der Waals surface area (Å²) >= 11 is 0. The molecule has 3 atom stereocenters. The Morgan fingerprint density at radius 1 is 1.05 bits per heavy atom. The first-order valence-corrected chi connectivity index (χ1v) is 15.9. The lowest BCUT2D eigenvalue weighted by atomic mass is 10.0. The van der Waals surface area contributed by atoms with Gasteiger partial charge in [-0.15, -0.1) is 0 Å². The molecule has 0 bridgehead atoms. The van der Waals surface area contributed by atoms with Crippen molar-refractivity contribution in [2.75, 3.05) is 38.3 Å². The molecule has 230 valence electrons. The average molecular weight is 610 g/mol. The summed E-state index contributed by atoms with van der Waals surface area (Å²) in [7, 11) is -1.82. The van der Waals surface area contributed by atoms with Gasteiger partial charge >= 0.3 is 0 Å². The normalized spacial score (nSPS) is 19.2. The third-order valence-corrected chi connectivity index (χ3v) is 9.28. The van der Waals surface area contributed by atoms with Gasteiger partial charge in [0.1, 0.15) is 11.9 Å². The molecule has 43 heavy (non-hydrogen) atoms. The molecule has 0 spiro atoms. The Morgan fingerprint density at radius 3 is 2.51 bits per heavy atom. The van der Waals surface area contributed by atoms with E-state index in [1.807, 2.05) is 46.0 Å². The van der Waals surface area contributed by atoms with Crippen LogP contribution >= 0.6 is 0 Å².